The van der Waals surface area contributed by atoms with E-state index >= 15 is 0 Å². The van der Waals surface area contributed by atoms with Gasteiger partial charge in [-0.05, 0) is 11.6 Å². The molecular weight excluding hydrogens is 245 g/mol. The van der Waals surface area contributed by atoms with Crippen molar-refractivity contribution in [3.8, 4) is 0 Å². The Morgan fingerprint density at radius 2 is 1.81 bits per heavy atom. The highest BCUT2D eigenvalue weighted by molar-refractivity contribution is 5.85. The molecule has 1 atom stereocenters. The zero-order chi connectivity index (χ0) is 9.80. The Balaban J connectivity index is 0.00000112. The smallest absolute Gasteiger partial charge is 0.0602 e. The van der Waals surface area contributed by atoms with Crippen LogP contribution in [0.4, 0.5) is 0 Å². The Hall–Kier alpha value is -1.03. The number of rotatable bonds is 3. The maximum absolute atomic E-state index is 6.03. The van der Waals surface area contributed by atoms with Gasteiger partial charge in [0, 0.05) is 18.4 Å². The van der Waals surface area contributed by atoms with Crippen molar-refractivity contribution < 1.29 is 0 Å². The molecule has 2 rings (SSSR count). The van der Waals surface area contributed by atoms with Crippen molar-refractivity contribution in [2.45, 2.75) is 12.6 Å². The first kappa shape index (κ1) is 15.0. The first-order valence-electron chi connectivity index (χ1n) is 4.64. The van der Waals surface area contributed by atoms with Crippen LogP contribution >= 0.6 is 24.8 Å². The number of hydrogen-bond acceptors (Lipinski definition) is 2. The Kier molecular flexibility index (Phi) is 6.81. The van der Waals surface area contributed by atoms with Crippen LogP contribution < -0.4 is 5.73 Å². The van der Waals surface area contributed by atoms with Gasteiger partial charge in [0.05, 0.1) is 6.54 Å². The lowest BCUT2D eigenvalue weighted by molar-refractivity contribution is 0.528. The number of aromatic nitrogens is 2. The molecule has 5 heteroatoms. The summed E-state index contributed by atoms with van der Waals surface area (Å²) in [5, 5.41) is 4.12. The molecule has 1 aromatic carbocycles. The molecule has 0 saturated heterocycles. The number of benzene rings is 1. The third-order valence-corrected chi connectivity index (χ3v) is 2.17. The van der Waals surface area contributed by atoms with Gasteiger partial charge in [-0.2, -0.15) is 5.10 Å². The molecule has 2 aromatic rings. The minimum Gasteiger partial charge on any atom is -0.322 e. The second-order valence-corrected chi connectivity index (χ2v) is 3.25. The lowest BCUT2D eigenvalue weighted by atomic mass is 10.1. The van der Waals surface area contributed by atoms with Crippen LogP contribution in [0.1, 0.15) is 11.6 Å². The number of nitrogens with two attached hydrogens (primary N) is 1. The predicted octanol–water partition coefficient (Wildman–Crippen LogP) is 2.43. The van der Waals surface area contributed by atoms with E-state index in [1.165, 1.54) is 0 Å². The molecule has 16 heavy (non-hydrogen) atoms. The molecule has 1 aromatic heterocycles. The highest BCUT2D eigenvalue weighted by Gasteiger charge is 2.05. The van der Waals surface area contributed by atoms with Crippen molar-refractivity contribution in [2.75, 3.05) is 0 Å². The summed E-state index contributed by atoms with van der Waals surface area (Å²) in [6.45, 7) is 0.719. The normalized spacial score (nSPS) is 11.1. The van der Waals surface area contributed by atoms with E-state index in [1.807, 2.05) is 47.3 Å². The lowest BCUT2D eigenvalue weighted by Crippen LogP contribution is -2.17. The second kappa shape index (κ2) is 7.28. The van der Waals surface area contributed by atoms with Gasteiger partial charge in [0.25, 0.3) is 0 Å². The second-order valence-electron chi connectivity index (χ2n) is 3.25. The highest BCUT2D eigenvalue weighted by Crippen LogP contribution is 2.10. The molecule has 0 amide bonds. The maximum Gasteiger partial charge on any atom is 0.0602 e. The van der Waals surface area contributed by atoms with Crippen molar-refractivity contribution in [3.05, 3.63) is 54.4 Å². The SMILES string of the molecule is Cl.Cl.NC(Cn1cccn1)c1ccccc1. The lowest BCUT2D eigenvalue weighted by Gasteiger charge is -2.11. The average molecular weight is 260 g/mol. The van der Waals surface area contributed by atoms with E-state index in [-0.39, 0.29) is 30.9 Å². The van der Waals surface area contributed by atoms with Gasteiger partial charge in [-0.3, -0.25) is 4.68 Å². The predicted molar refractivity (Wildman–Crippen MR) is 70.1 cm³/mol. The summed E-state index contributed by atoms with van der Waals surface area (Å²) >= 11 is 0. The van der Waals surface area contributed by atoms with Crippen molar-refractivity contribution >= 4 is 24.8 Å². The summed E-state index contributed by atoms with van der Waals surface area (Å²) in [6, 6.07) is 12.0. The molecule has 3 nitrogen and oxygen atoms in total. The molecule has 0 aliphatic rings. The van der Waals surface area contributed by atoms with Gasteiger partial charge >= 0.3 is 0 Å². The summed E-state index contributed by atoms with van der Waals surface area (Å²) < 4.78 is 1.84. The largest absolute Gasteiger partial charge is 0.322 e. The topological polar surface area (TPSA) is 43.8 Å². The van der Waals surface area contributed by atoms with Crippen molar-refractivity contribution in [3.63, 3.8) is 0 Å². The summed E-state index contributed by atoms with van der Waals surface area (Å²) in [5.41, 5.74) is 7.17. The average Bonchev–Trinajstić information content (AvgIpc) is 2.72. The summed E-state index contributed by atoms with van der Waals surface area (Å²) in [5.74, 6) is 0. The third kappa shape index (κ3) is 3.85. The van der Waals surface area contributed by atoms with Crippen LogP contribution in [0, 0.1) is 0 Å². The summed E-state index contributed by atoms with van der Waals surface area (Å²) in [6.07, 6.45) is 3.68. The van der Waals surface area contributed by atoms with Gasteiger partial charge < -0.3 is 5.73 Å². The molecule has 2 N–H and O–H groups in total. The van der Waals surface area contributed by atoms with Gasteiger partial charge in [0.15, 0.2) is 0 Å². The van der Waals surface area contributed by atoms with Gasteiger partial charge in [0.1, 0.15) is 0 Å². The van der Waals surface area contributed by atoms with Gasteiger partial charge in [-0.1, -0.05) is 30.3 Å². The van der Waals surface area contributed by atoms with Crippen LogP contribution in [-0.4, -0.2) is 9.78 Å². The van der Waals surface area contributed by atoms with E-state index in [4.69, 9.17) is 5.73 Å². The zero-order valence-corrected chi connectivity index (χ0v) is 10.3. The van der Waals surface area contributed by atoms with Crippen molar-refractivity contribution in [1.29, 1.82) is 0 Å². The van der Waals surface area contributed by atoms with Crippen LogP contribution in [0.3, 0.4) is 0 Å². The fourth-order valence-corrected chi connectivity index (χ4v) is 1.42. The van der Waals surface area contributed by atoms with Crippen LogP contribution in [0.15, 0.2) is 48.8 Å². The maximum atomic E-state index is 6.03. The Labute approximate surface area is 107 Å². The summed E-state index contributed by atoms with van der Waals surface area (Å²) in [4.78, 5) is 0. The molecule has 0 spiro atoms. The Morgan fingerprint density at radius 1 is 1.12 bits per heavy atom. The molecule has 0 saturated carbocycles. The molecule has 88 valence electrons. The van der Waals surface area contributed by atoms with E-state index in [9.17, 15) is 0 Å². The van der Waals surface area contributed by atoms with Crippen LogP contribution in [0.2, 0.25) is 0 Å². The van der Waals surface area contributed by atoms with E-state index < -0.39 is 0 Å². The molecule has 0 aliphatic carbocycles. The number of hydrogen-bond donors (Lipinski definition) is 1. The molecule has 0 radical (unpaired) electrons. The monoisotopic (exact) mass is 259 g/mol. The van der Waals surface area contributed by atoms with Crippen LogP contribution in [0.5, 0.6) is 0 Å². The zero-order valence-electron chi connectivity index (χ0n) is 8.69. The number of halogens is 2. The standard InChI is InChI=1S/C11H13N3.2ClH/c12-11(9-14-8-4-7-13-14)10-5-2-1-3-6-10;;/h1-8,11H,9,12H2;2*1H. The highest BCUT2D eigenvalue weighted by atomic mass is 35.5. The Bertz CT molecular complexity index is 375. The molecule has 0 aliphatic heterocycles. The fourth-order valence-electron chi connectivity index (χ4n) is 1.42. The van der Waals surface area contributed by atoms with Crippen LogP contribution in [-0.2, 0) is 6.54 Å². The van der Waals surface area contributed by atoms with Gasteiger partial charge in [-0.25, -0.2) is 0 Å². The quantitative estimate of drug-likeness (QED) is 0.921. The molecule has 1 heterocycles. The molecule has 0 bridgehead atoms. The van der Waals surface area contributed by atoms with Crippen molar-refractivity contribution in [1.82, 2.24) is 9.78 Å². The van der Waals surface area contributed by atoms with Gasteiger partial charge in [-0.15, -0.1) is 24.8 Å². The molecule has 1 unspecified atom stereocenters. The van der Waals surface area contributed by atoms with Gasteiger partial charge in [0.2, 0.25) is 0 Å². The van der Waals surface area contributed by atoms with Crippen LogP contribution in [0.25, 0.3) is 0 Å². The first-order valence-corrected chi connectivity index (χ1v) is 4.64. The van der Waals surface area contributed by atoms with Crippen molar-refractivity contribution in [2.24, 2.45) is 5.73 Å². The van der Waals surface area contributed by atoms with E-state index in [0.29, 0.717) is 0 Å². The van der Waals surface area contributed by atoms with E-state index in [1.54, 1.807) is 6.20 Å². The first-order chi connectivity index (χ1) is 6.86. The third-order valence-electron chi connectivity index (χ3n) is 2.17. The minimum absolute atomic E-state index is 0. The fraction of sp³-hybridized carbons (Fsp3) is 0.182. The molecular formula is C11H15Cl2N3. The Morgan fingerprint density at radius 3 is 2.38 bits per heavy atom. The number of nitrogens with zero attached hydrogens (tertiary/aromatic N) is 2. The minimum atomic E-state index is 0. The molecule has 0 fully saturated rings. The van der Waals surface area contributed by atoms with E-state index in [2.05, 4.69) is 5.10 Å². The van der Waals surface area contributed by atoms with E-state index in [0.717, 1.165) is 12.1 Å². The summed E-state index contributed by atoms with van der Waals surface area (Å²) in [7, 11) is 0.